The van der Waals surface area contributed by atoms with E-state index in [1.165, 1.54) is 0 Å². The number of hydrogen-bond donors (Lipinski definition) is 1. The molecule has 1 rings (SSSR count). The molecular formula is C11H18ClN3OS. The molecule has 0 aliphatic heterocycles. The highest BCUT2D eigenvalue weighted by Gasteiger charge is 2.28. The number of carbonyl (C=O) groups excluding carboxylic acids is 1. The molecule has 1 N–H and O–H groups in total. The summed E-state index contributed by atoms with van der Waals surface area (Å²) in [6, 6.07) is 0. The van der Waals surface area contributed by atoms with Gasteiger partial charge in [-0.05, 0) is 37.3 Å². The molecule has 0 aliphatic carbocycles. The summed E-state index contributed by atoms with van der Waals surface area (Å²) in [7, 11) is 0. The summed E-state index contributed by atoms with van der Waals surface area (Å²) in [5, 5.41) is 10.6. The minimum Gasteiger partial charge on any atom is -0.345 e. The minimum absolute atomic E-state index is 0.148. The number of nitrogens with zero attached hydrogens (tertiary/aromatic N) is 2. The van der Waals surface area contributed by atoms with Gasteiger partial charge in [-0.15, -0.1) is 10.2 Å². The molecule has 0 atom stereocenters. The molecule has 0 aromatic carbocycles. The van der Waals surface area contributed by atoms with Crippen LogP contribution in [0.15, 0.2) is 0 Å². The highest BCUT2D eigenvalue weighted by Crippen LogP contribution is 2.27. The predicted molar refractivity (Wildman–Crippen MR) is 70.5 cm³/mol. The predicted octanol–water partition coefficient (Wildman–Crippen LogP) is 3.14. The normalized spacial score (nSPS) is 12.6. The molecular weight excluding hydrogens is 258 g/mol. The van der Waals surface area contributed by atoms with Crippen molar-refractivity contribution in [1.82, 2.24) is 15.5 Å². The zero-order valence-electron chi connectivity index (χ0n) is 10.8. The van der Waals surface area contributed by atoms with Gasteiger partial charge in [0.15, 0.2) is 0 Å². The summed E-state index contributed by atoms with van der Waals surface area (Å²) >= 11 is 6.73. The molecule has 96 valence electrons. The number of rotatable bonds is 3. The maximum atomic E-state index is 11.9. The largest absolute Gasteiger partial charge is 0.345 e. The molecule has 1 aromatic heterocycles. The van der Waals surface area contributed by atoms with Gasteiger partial charge in [0.25, 0.3) is 5.91 Å². The van der Waals surface area contributed by atoms with Crippen molar-refractivity contribution in [2.24, 2.45) is 5.41 Å². The van der Waals surface area contributed by atoms with Crippen LogP contribution in [0.25, 0.3) is 0 Å². The van der Waals surface area contributed by atoms with E-state index in [1.54, 1.807) is 0 Å². The molecule has 0 aliphatic rings. The Bertz CT molecular complexity index is 409. The molecule has 1 heterocycles. The van der Waals surface area contributed by atoms with Crippen LogP contribution in [0.2, 0.25) is 4.47 Å². The second-order valence-corrected chi connectivity index (χ2v) is 7.50. The molecule has 0 unspecified atom stereocenters. The molecule has 1 amide bonds. The van der Waals surface area contributed by atoms with E-state index in [-0.39, 0.29) is 21.3 Å². The molecule has 0 bridgehead atoms. The van der Waals surface area contributed by atoms with Crippen molar-refractivity contribution < 1.29 is 4.79 Å². The van der Waals surface area contributed by atoms with Crippen molar-refractivity contribution in [3.05, 3.63) is 9.47 Å². The summed E-state index contributed by atoms with van der Waals surface area (Å²) in [6.07, 6.45) is 0.873. The fraction of sp³-hybridized carbons (Fsp3) is 0.727. The van der Waals surface area contributed by atoms with Crippen LogP contribution < -0.4 is 5.32 Å². The Hall–Kier alpha value is -0.680. The van der Waals surface area contributed by atoms with E-state index in [2.05, 4.69) is 36.3 Å². The average Bonchev–Trinajstić information content (AvgIpc) is 2.45. The van der Waals surface area contributed by atoms with Crippen LogP contribution in [0.3, 0.4) is 0 Å². The zero-order chi connectivity index (χ0) is 13.3. The van der Waals surface area contributed by atoms with Crippen LogP contribution in [0, 0.1) is 5.41 Å². The smallest absolute Gasteiger partial charge is 0.282 e. The molecule has 6 heteroatoms. The maximum Gasteiger partial charge on any atom is 0.282 e. The van der Waals surface area contributed by atoms with Gasteiger partial charge in [0, 0.05) is 5.54 Å². The Morgan fingerprint density at radius 1 is 1.29 bits per heavy atom. The quantitative estimate of drug-likeness (QED) is 0.922. The van der Waals surface area contributed by atoms with Crippen LogP contribution in [0.4, 0.5) is 0 Å². The summed E-state index contributed by atoms with van der Waals surface area (Å²) in [5.41, 5.74) is -0.136. The molecule has 0 saturated carbocycles. The number of nitrogens with one attached hydrogen (secondary N) is 1. The van der Waals surface area contributed by atoms with Gasteiger partial charge in [0.05, 0.1) is 0 Å². The summed E-state index contributed by atoms with van der Waals surface area (Å²) in [5.74, 6) is -0.219. The first-order valence-corrected chi connectivity index (χ1v) is 6.60. The van der Waals surface area contributed by atoms with Gasteiger partial charge in [-0.1, -0.05) is 32.1 Å². The minimum atomic E-state index is -0.284. The second-order valence-electron chi connectivity index (χ2n) is 5.94. The number of halogens is 1. The van der Waals surface area contributed by atoms with Crippen LogP contribution in [-0.4, -0.2) is 21.6 Å². The molecule has 0 radical (unpaired) electrons. The summed E-state index contributed by atoms with van der Waals surface area (Å²) in [6.45, 7) is 10.4. The van der Waals surface area contributed by atoms with E-state index in [9.17, 15) is 4.79 Å². The lowest BCUT2D eigenvalue weighted by Gasteiger charge is -2.32. The van der Waals surface area contributed by atoms with Crippen molar-refractivity contribution >= 4 is 28.8 Å². The van der Waals surface area contributed by atoms with Gasteiger partial charge in [0.2, 0.25) is 9.47 Å². The SMILES string of the molecule is CC(C)(C)CC(C)(C)NC(=O)c1nnc(Cl)s1. The average molecular weight is 276 g/mol. The maximum absolute atomic E-state index is 11.9. The summed E-state index contributed by atoms with van der Waals surface area (Å²) in [4.78, 5) is 11.9. The number of amides is 1. The van der Waals surface area contributed by atoms with Gasteiger partial charge < -0.3 is 5.32 Å². The lowest BCUT2D eigenvalue weighted by Crippen LogP contribution is -2.45. The molecule has 0 saturated heterocycles. The monoisotopic (exact) mass is 275 g/mol. The topological polar surface area (TPSA) is 54.9 Å². The van der Waals surface area contributed by atoms with Crippen molar-refractivity contribution in [3.63, 3.8) is 0 Å². The third kappa shape index (κ3) is 5.00. The van der Waals surface area contributed by atoms with Crippen molar-refractivity contribution in [1.29, 1.82) is 0 Å². The van der Waals surface area contributed by atoms with E-state index in [1.807, 2.05) is 13.8 Å². The van der Waals surface area contributed by atoms with Crippen LogP contribution in [0.5, 0.6) is 0 Å². The number of aromatic nitrogens is 2. The first kappa shape index (κ1) is 14.4. The molecule has 4 nitrogen and oxygen atoms in total. The third-order valence-corrected chi connectivity index (χ3v) is 3.04. The first-order chi connectivity index (χ1) is 7.59. The molecule has 0 fully saturated rings. The number of hydrogen-bond acceptors (Lipinski definition) is 4. The zero-order valence-corrected chi connectivity index (χ0v) is 12.4. The Morgan fingerprint density at radius 2 is 1.88 bits per heavy atom. The lowest BCUT2D eigenvalue weighted by atomic mass is 9.82. The van der Waals surface area contributed by atoms with Crippen molar-refractivity contribution in [2.45, 2.75) is 46.6 Å². The Kier molecular flexibility index (Phi) is 4.15. The van der Waals surface area contributed by atoms with Gasteiger partial charge in [-0.3, -0.25) is 4.79 Å². The van der Waals surface area contributed by atoms with Gasteiger partial charge >= 0.3 is 0 Å². The van der Waals surface area contributed by atoms with E-state index < -0.39 is 0 Å². The fourth-order valence-corrected chi connectivity index (χ4v) is 2.75. The lowest BCUT2D eigenvalue weighted by molar-refractivity contribution is 0.0890. The van der Waals surface area contributed by atoms with Crippen LogP contribution in [0.1, 0.15) is 50.8 Å². The van der Waals surface area contributed by atoms with Crippen LogP contribution in [-0.2, 0) is 0 Å². The molecule has 17 heavy (non-hydrogen) atoms. The van der Waals surface area contributed by atoms with E-state index in [0.29, 0.717) is 5.01 Å². The third-order valence-electron chi connectivity index (χ3n) is 2.02. The number of carbonyl (C=O) groups is 1. The Labute approximate surface area is 111 Å². The van der Waals surface area contributed by atoms with Crippen LogP contribution >= 0.6 is 22.9 Å². The molecule has 0 spiro atoms. The van der Waals surface area contributed by atoms with Crippen molar-refractivity contribution in [3.8, 4) is 0 Å². The fourth-order valence-electron chi connectivity index (χ4n) is 2.03. The van der Waals surface area contributed by atoms with Gasteiger partial charge in [0.1, 0.15) is 0 Å². The summed E-state index contributed by atoms with van der Waals surface area (Å²) < 4.78 is 0.281. The Morgan fingerprint density at radius 3 is 2.29 bits per heavy atom. The van der Waals surface area contributed by atoms with E-state index in [4.69, 9.17) is 11.6 Å². The highest BCUT2D eigenvalue weighted by molar-refractivity contribution is 7.17. The van der Waals surface area contributed by atoms with E-state index >= 15 is 0 Å². The molecule has 1 aromatic rings. The van der Waals surface area contributed by atoms with Gasteiger partial charge in [-0.2, -0.15) is 0 Å². The standard InChI is InChI=1S/C11H18ClN3OS/c1-10(2,3)6-11(4,5)13-7(16)8-14-15-9(12)17-8/h6H2,1-5H3,(H,13,16). The second kappa shape index (κ2) is 4.90. The van der Waals surface area contributed by atoms with Crippen molar-refractivity contribution in [2.75, 3.05) is 0 Å². The van der Waals surface area contributed by atoms with Gasteiger partial charge in [-0.25, -0.2) is 0 Å². The highest BCUT2D eigenvalue weighted by atomic mass is 35.5. The first-order valence-electron chi connectivity index (χ1n) is 5.41. The van der Waals surface area contributed by atoms with E-state index in [0.717, 1.165) is 17.8 Å². The Balaban J connectivity index is 2.68.